The molecule has 0 aliphatic heterocycles. The lowest BCUT2D eigenvalue weighted by Crippen LogP contribution is -2.49. The van der Waals surface area contributed by atoms with Crippen LogP contribution in [-0.4, -0.2) is 49.4 Å². The van der Waals surface area contributed by atoms with Crippen molar-refractivity contribution in [2.45, 2.75) is 18.4 Å². The van der Waals surface area contributed by atoms with E-state index in [4.69, 9.17) is 5.11 Å². The van der Waals surface area contributed by atoms with Crippen LogP contribution in [0.5, 0.6) is 0 Å². The number of halogens is 6. The summed E-state index contributed by atoms with van der Waals surface area (Å²) in [6.07, 6.45) is -7.07. The molecule has 2 heterocycles. The number of aliphatic hydroxyl groups is 1. The van der Waals surface area contributed by atoms with Gasteiger partial charge in [0.25, 0.3) is 11.5 Å². The summed E-state index contributed by atoms with van der Waals surface area (Å²) >= 11 is 0. The predicted molar refractivity (Wildman–Crippen MR) is 101 cm³/mol. The zero-order valence-corrected chi connectivity index (χ0v) is 16.6. The summed E-state index contributed by atoms with van der Waals surface area (Å²) in [5, 5.41) is 18.4. The highest BCUT2D eigenvalue weighted by atomic mass is 19.4. The van der Waals surface area contributed by atoms with E-state index in [2.05, 4.69) is 10.2 Å². The van der Waals surface area contributed by atoms with Crippen LogP contribution in [0.3, 0.4) is 0 Å². The second-order valence-corrected chi connectivity index (χ2v) is 6.86. The lowest BCUT2D eigenvalue weighted by Gasteiger charge is -2.19. The third-order valence-electron chi connectivity index (χ3n) is 4.48. The van der Waals surface area contributed by atoms with Gasteiger partial charge in [-0.25, -0.2) is 0 Å². The van der Waals surface area contributed by atoms with Crippen molar-refractivity contribution in [1.82, 2.24) is 24.9 Å². The monoisotopic (exact) mass is 475 g/mol. The summed E-state index contributed by atoms with van der Waals surface area (Å²) in [5.74, 6) is -1.45. The van der Waals surface area contributed by atoms with Crippen LogP contribution < -0.4 is 10.9 Å². The van der Waals surface area contributed by atoms with Crippen molar-refractivity contribution >= 4 is 5.91 Å². The number of benzene rings is 1. The van der Waals surface area contributed by atoms with E-state index >= 15 is 0 Å². The first-order valence-electron chi connectivity index (χ1n) is 9.10. The molecule has 0 saturated heterocycles. The minimum absolute atomic E-state index is 0.0554. The van der Waals surface area contributed by atoms with E-state index in [1.54, 1.807) is 0 Å². The van der Waals surface area contributed by atoms with E-state index in [-0.39, 0.29) is 16.9 Å². The quantitative estimate of drug-likeness (QED) is 0.552. The van der Waals surface area contributed by atoms with E-state index < -0.39 is 47.6 Å². The molecule has 2 aromatic heterocycles. The molecule has 1 aromatic carbocycles. The number of aromatic nitrogens is 4. The van der Waals surface area contributed by atoms with Crippen molar-refractivity contribution in [2.75, 3.05) is 6.61 Å². The van der Waals surface area contributed by atoms with Gasteiger partial charge < -0.3 is 10.4 Å². The minimum Gasteiger partial charge on any atom is -0.394 e. The zero-order chi connectivity index (χ0) is 24.6. The Morgan fingerprint density at radius 3 is 2.27 bits per heavy atom. The van der Waals surface area contributed by atoms with E-state index in [0.29, 0.717) is 4.68 Å². The summed E-state index contributed by atoms with van der Waals surface area (Å²) in [5.41, 5.74) is -2.88. The molecule has 0 radical (unpaired) electrons. The molecule has 0 bridgehead atoms. The number of alkyl halides is 6. The molecule has 176 valence electrons. The van der Waals surface area contributed by atoms with Crippen molar-refractivity contribution in [1.29, 1.82) is 0 Å². The maximum atomic E-state index is 12.9. The van der Waals surface area contributed by atoms with Gasteiger partial charge in [-0.3, -0.25) is 14.3 Å². The van der Waals surface area contributed by atoms with E-state index in [1.807, 2.05) is 0 Å². The van der Waals surface area contributed by atoms with Crippen LogP contribution in [-0.2, 0) is 13.2 Å². The molecule has 3 aromatic rings. The van der Waals surface area contributed by atoms with Crippen LogP contribution in [0.2, 0.25) is 0 Å². The molecule has 0 fully saturated rings. The van der Waals surface area contributed by atoms with Gasteiger partial charge in [-0.2, -0.15) is 41.2 Å². The molecular formula is C19H15F6N5O3. The lowest BCUT2D eigenvalue weighted by atomic mass is 10.1. The summed E-state index contributed by atoms with van der Waals surface area (Å²) in [6, 6.07) is 1.80. The molecule has 0 unspecified atom stereocenters. The highest BCUT2D eigenvalue weighted by molar-refractivity contribution is 5.95. The molecule has 33 heavy (non-hydrogen) atoms. The Labute approximate surface area is 181 Å². The number of hydrogen-bond acceptors (Lipinski definition) is 5. The Morgan fingerprint density at radius 2 is 1.79 bits per heavy atom. The second kappa shape index (κ2) is 8.69. The second-order valence-electron chi connectivity index (χ2n) is 6.86. The summed E-state index contributed by atoms with van der Waals surface area (Å²) in [7, 11) is 1.51. The first kappa shape index (κ1) is 24.0. The van der Waals surface area contributed by atoms with Gasteiger partial charge in [0.05, 0.1) is 30.3 Å². The SMILES string of the molecule is Cn1cc(-n2nc(-c3ccc(C(F)(F)F)cc3)cc(C(=O)N[C@H](CO)C(F)(F)F)c2=O)cn1. The van der Waals surface area contributed by atoms with Gasteiger partial charge in [0, 0.05) is 12.6 Å². The Kier molecular flexibility index (Phi) is 6.31. The first-order valence-corrected chi connectivity index (χ1v) is 9.10. The van der Waals surface area contributed by atoms with Gasteiger partial charge in [0.15, 0.2) is 0 Å². The minimum atomic E-state index is -4.99. The van der Waals surface area contributed by atoms with Gasteiger partial charge >= 0.3 is 12.4 Å². The molecule has 14 heteroatoms. The summed E-state index contributed by atoms with van der Waals surface area (Å²) in [4.78, 5) is 25.3. The van der Waals surface area contributed by atoms with Crippen molar-refractivity contribution in [2.24, 2.45) is 7.05 Å². The highest BCUT2D eigenvalue weighted by Gasteiger charge is 2.40. The molecule has 0 saturated carbocycles. The number of amides is 1. The van der Waals surface area contributed by atoms with Crippen molar-refractivity contribution in [3.63, 3.8) is 0 Å². The fraction of sp³-hybridized carbons (Fsp3) is 0.263. The van der Waals surface area contributed by atoms with E-state index in [0.717, 1.165) is 30.3 Å². The molecule has 0 aliphatic rings. The van der Waals surface area contributed by atoms with Gasteiger partial charge in [-0.05, 0) is 18.2 Å². The fourth-order valence-corrected chi connectivity index (χ4v) is 2.79. The molecule has 0 aliphatic carbocycles. The maximum absolute atomic E-state index is 12.9. The lowest BCUT2D eigenvalue weighted by molar-refractivity contribution is -0.161. The van der Waals surface area contributed by atoms with Crippen LogP contribution in [0.25, 0.3) is 16.9 Å². The topological polar surface area (TPSA) is 102 Å². The molecule has 3 rings (SSSR count). The Morgan fingerprint density at radius 1 is 1.15 bits per heavy atom. The first-order chi connectivity index (χ1) is 15.3. The number of carbonyl (C=O) groups excluding carboxylic acids is 1. The van der Waals surface area contributed by atoms with Crippen molar-refractivity contribution in [3.05, 3.63) is 64.2 Å². The molecule has 1 amide bonds. The number of carbonyl (C=O) groups is 1. The number of nitrogens with one attached hydrogen (secondary N) is 1. The van der Waals surface area contributed by atoms with Crippen LogP contribution >= 0.6 is 0 Å². The van der Waals surface area contributed by atoms with E-state index in [1.165, 1.54) is 29.4 Å². The fourth-order valence-electron chi connectivity index (χ4n) is 2.79. The maximum Gasteiger partial charge on any atom is 0.416 e. The summed E-state index contributed by atoms with van der Waals surface area (Å²) in [6.45, 7) is -1.47. The van der Waals surface area contributed by atoms with Crippen molar-refractivity contribution in [3.8, 4) is 16.9 Å². The van der Waals surface area contributed by atoms with E-state index in [9.17, 15) is 35.9 Å². The number of rotatable bonds is 5. The molecule has 1 atom stereocenters. The smallest absolute Gasteiger partial charge is 0.394 e. The average molecular weight is 475 g/mol. The van der Waals surface area contributed by atoms with Crippen LogP contribution in [0.4, 0.5) is 26.3 Å². The average Bonchev–Trinajstić information content (AvgIpc) is 3.16. The normalized spacial score (nSPS) is 13.1. The van der Waals surface area contributed by atoms with Gasteiger partial charge in [-0.15, -0.1) is 0 Å². The number of aliphatic hydroxyl groups excluding tert-OH is 1. The number of aryl methyl sites for hydroxylation is 1. The molecular weight excluding hydrogens is 460 g/mol. The third kappa shape index (κ3) is 5.22. The van der Waals surface area contributed by atoms with Crippen molar-refractivity contribution < 1.29 is 36.2 Å². The molecule has 2 N–H and O–H groups in total. The highest BCUT2D eigenvalue weighted by Crippen LogP contribution is 2.30. The standard InChI is InChI=1S/C19H15F6N5O3/c1-29-8-12(7-26-29)30-17(33)13(16(32)27-15(9-31)19(23,24)25)6-14(28-30)10-2-4-11(5-3-10)18(20,21)22/h2-8,15,31H,9H2,1H3,(H,27,32)/t15-/m1/s1. The van der Waals surface area contributed by atoms with Gasteiger partial charge in [0.2, 0.25) is 0 Å². The summed E-state index contributed by atoms with van der Waals surface area (Å²) < 4.78 is 79.4. The van der Waals surface area contributed by atoms with Gasteiger partial charge in [-0.1, -0.05) is 12.1 Å². The van der Waals surface area contributed by atoms with Crippen LogP contribution in [0.1, 0.15) is 15.9 Å². The van der Waals surface area contributed by atoms with Crippen LogP contribution in [0, 0.1) is 0 Å². The molecule has 0 spiro atoms. The number of hydrogen-bond donors (Lipinski definition) is 2. The Bertz CT molecular complexity index is 1210. The number of nitrogens with zero attached hydrogens (tertiary/aromatic N) is 4. The third-order valence-corrected chi connectivity index (χ3v) is 4.48. The zero-order valence-electron chi connectivity index (χ0n) is 16.6. The molecule has 8 nitrogen and oxygen atoms in total. The predicted octanol–water partition coefficient (Wildman–Crippen LogP) is 2.30. The van der Waals surface area contributed by atoms with Crippen LogP contribution in [0.15, 0.2) is 47.5 Å². The largest absolute Gasteiger partial charge is 0.416 e. The van der Waals surface area contributed by atoms with Gasteiger partial charge in [0.1, 0.15) is 17.3 Å². The Balaban J connectivity index is 2.13. The Hall–Kier alpha value is -3.68.